The molecule has 0 radical (unpaired) electrons. The fraction of sp³-hybridized carbons (Fsp3) is 0.348. The highest BCUT2D eigenvalue weighted by molar-refractivity contribution is 5.77. The van der Waals surface area contributed by atoms with E-state index in [0.29, 0.717) is 32.6 Å². The van der Waals surface area contributed by atoms with Crippen LogP contribution in [0, 0.1) is 13.8 Å². The molecule has 29 heavy (non-hydrogen) atoms. The van der Waals surface area contributed by atoms with E-state index in [4.69, 9.17) is 9.84 Å². The number of ether oxygens (including phenoxy) is 1. The molecule has 3 aromatic rings. The van der Waals surface area contributed by atoms with Gasteiger partial charge in [0, 0.05) is 36.6 Å². The van der Waals surface area contributed by atoms with Crippen molar-refractivity contribution in [3.63, 3.8) is 0 Å². The number of pyridine rings is 1. The minimum atomic E-state index is -0.105. The lowest BCUT2D eigenvalue weighted by Crippen LogP contribution is -2.43. The molecule has 4 rings (SSSR count). The molecule has 1 aliphatic rings. The molecular formula is C23H26N4O2. The number of rotatable bonds is 5. The molecule has 1 fully saturated rings. The second-order valence-corrected chi connectivity index (χ2v) is 7.37. The molecule has 1 saturated heterocycles. The Kier molecular flexibility index (Phi) is 5.71. The lowest BCUT2D eigenvalue weighted by molar-refractivity contribution is -0.140. The lowest BCUT2D eigenvalue weighted by Gasteiger charge is -2.36. The summed E-state index contributed by atoms with van der Waals surface area (Å²) in [6.45, 7) is 5.76. The van der Waals surface area contributed by atoms with Crippen LogP contribution in [0.2, 0.25) is 0 Å². The van der Waals surface area contributed by atoms with Gasteiger partial charge in [-0.2, -0.15) is 5.10 Å². The van der Waals surface area contributed by atoms with E-state index in [1.54, 1.807) is 12.4 Å². The molecule has 0 aliphatic carbocycles. The minimum absolute atomic E-state index is 0.105. The molecule has 1 aromatic carbocycles. The number of benzene rings is 1. The molecule has 0 bridgehead atoms. The van der Waals surface area contributed by atoms with Gasteiger partial charge in [-0.05, 0) is 50.1 Å². The van der Waals surface area contributed by atoms with Gasteiger partial charge >= 0.3 is 0 Å². The highest BCUT2D eigenvalue weighted by Gasteiger charge is 2.32. The number of hydrogen-bond acceptors (Lipinski definition) is 4. The quantitative estimate of drug-likeness (QED) is 0.670. The number of morpholine rings is 1. The van der Waals surface area contributed by atoms with E-state index in [-0.39, 0.29) is 11.9 Å². The van der Waals surface area contributed by atoms with Gasteiger partial charge in [0.15, 0.2) is 0 Å². The van der Waals surface area contributed by atoms with Crippen LogP contribution >= 0.6 is 0 Å². The predicted molar refractivity (Wildman–Crippen MR) is 111 cm³/mol. The third kappa shape index (κ3) is 4.07. The standard InChI is InChI=1S/C23H26N4O2/c1-17-23(18(2)27(25-17)20-6-4-3-5-7-20)21-16-29-15-14-26(21)22(28)9-8-19-10-12-24-13-11-19/h3-7,10-13,21H,8-9,14-16H2,1-2H3/t21-/m0/s1. The van der Waals surface area contributed by atoms with Crippen LogP contribution in [0.1, 0.15) is 35.0 Å². The van der Waals surface area contributed by atoms with Gasteiger partial charge in [0.2, 0.25) is 5.91 Å². The lowest BCUT2D eigenvalue weighted by atomic mass is 10.0. The first-order valence-electron chi connectivity index (χ1n) is 10.0. The maximum atomic E-state index is 13.1. The number of hydrogen-bond donors (Lipinski definition) is 0. The van der Waals surface area contributed by atoms with Gasteiger partial charge in [-0.1, -0.05) is 18.2 Å². The van der Waals surface area contributed by atoms with Gasteiger partial charge in [0.05, 0.1) is 30.6 Å². The Morgan fingerprint density at radius 1 is 1.14 bits per heavy atom. The normalized spacial score (nSPS) is 16.8. The molecule has 0 N–H and O–H groups in total. The molecule has 6 nitrogen and oxygen atoms in total. The zero-order valence-electron chi connectivity index (χ0n) is 16.9. The average molecular weight is 390 g/mol. The fourth-order valence-electron chi connectivity index (χ4n) is 4.04. The first-order valence-corrected chi connectivity index (χ1v) is 10.0. The Labute approximate surface area is 171 Å². The minimum Gasteiger partial charge on any atom is -0.377 e. The van der Waals surface area contributed by atoms with Crippen molar-refractivity contribution in [3.05, 3.63) is 77.4 Å². The molecule has 0 unspecified atom stereocenters. The summed E-state index contributed by atoms with van der Waals surface area (Å²) in [6, 6.07) is 13.9. The molecule has 1 atom stereocenters. The van der Waals surface area contributed by atoms with E-state index in [0.717, 1.165) is 28.2 Å². The molecule has 0 saturated carbocycles. The summed E-state index contributed by atoms with van der Waals surface area (Å²) >= 11 is 0. The van der Waals surface area contributed by atoms with E-state index < -0.39 is 0 Å². The molecule has 0 spiro atoms. The monoisotopic (exact) mass is 390 g/mol. The molecular weight excluding hydrogens is 364 g/mol. The van der Waals surface area contributed by atoms with Crippen molar-refractivity contribution in [1.82, 2.24) is 19.7 Å². The summed E-state index contributed by atoms with van der Waals surface area (Å²) in [4.78, 5) is 19.1. The molecule has 1 aliphatic heterocycles. The van der Waals surface area contributed by atoms with Gasteiger partial charge in [0.1, 0.15) is 0 Å². The topological polar surface area (TPSA) is 60.2 Å². The van der Waals surface area contributed by atoms with E-state index >= 15 is 0 Å². The fourth-order valence-corrected chi connectivity index (χ4v) is 4.04. The number of carbonyl (C=O) groups excluding carboxylic acids is 1. The Hall–Kier alpha value is -2.99. The molecule has 1 amide bonds. The van der Waals surface area contributed by atoms with Crippen molar-refractivity contribution in [2.24, 2.45) is 0 Å². The number of para-hydroxylation sites is 1. The third-order valence-electron chi connectivity index (χ3n) is 5.51. The smallest absolute Gasteiger partial charge is 0.223 e. The largest absolute Gasteiger partial charge is 0.377 e. The number of aryl methyl sites for hydroxylation is 2. The summed E-state index contributed by atoms with van der Waals surface area (Å²) in [5.74, 6) is 0.154. The predicted octanol–water partition coefficient (Wildman–Crippen LogP) is 3.42. The van der Waals surface area contributed by atoms with Crippen LogP contribution in [-0.2, 0) is 16.0 Å². The van der Waals surface area contributed by atoms with Crippen LogP contribution in [0.3, 0.4) is 0 Å². The number of aromatic nitrogens is 3. The van der Waals surface area contributed by atoms with E-state index in [1.165, 1.54) is 0 Å². The zero-order chi connectivity index (χ0) is 20.2. The highest BCUT2D eigenvalue weighted by Crippen LogP contribution is 2.31. The maximum absolute atomic E-state index is 13.1. The summed E-state index contributed by atoms with van der Waals surface area (Å²) < 4.78 is 7.72. The van der Waals surface area contributed by atoms with Crippen molar-refractivity contribution < 1.29 is 9.53 Å². The number of carbonyl (C=O) groups is 1. The van der Waals surface area contributed by atoms with Gasteiger partial charge < -0.3 is 9.64 Å². The summed E-state index contributed by atoms with van der Waals surface area (Å²) in [7, 11) is 0. The Morgan fingerprint density at radius 2 is 1.90 bits per heavy atom. The van der Waals surface area contributed by atoms with Crippen molar-refractivity contribution in [2.75, 3.05) is 19.8 Å². The molecule has 2 aromatic heterocycles. The van der Waals surface area contributed by atoms with Gasteiger partial charge in [-0.25, -0.2) is 4.68 Å². The summed E-state index contributed by atoms with van der Waals surface area (Å²) in [5, 5.41) is 4.76. The van der Waals surface area contributed by atoms with Gasteiger partial charge in [-0.3, -0.25) is 9.78 Å². The maximum Gasteiger partial charge on any atom is 0.223 e. The zero-order valence-corrected chi connectivity index (χ0v) is 16.9. The highest BCUT2D eigenvalue weighted by atomic mass is 16.5. The first kappa shape index (κ1) is 19.3. The third-order valence-corrected chi connectivity index (χ3v) is 5.51. The van der Waals surface area contributed by atoms with E-state index in [1.807, 2.05) is 59.0 Å². The van der Waals surface area contributed by atoms with Crippen molar-refractivity contribution >= 4 is 5.91 Å². The molecule has 150 valence electrons. The Morgan fingerprint density at radius 3 is 2.66 bits per heavy atom. The second-order valence-electron chi connectivity index (χ2n) is 7.37. The van der Waals surface area contributed by atoms with Crippen molar-refractivity contribution in [2.45, 2.75) is 32.7 Å². The molecule has 6 heteroatoms. The van der Waals surface area contributed by atoms with E-state index in [9.17, 15) is 4.79 Å². The first-order chi connectivity index (χ1) is 14.1. The van der Waals surface area contributed by atoms with Crippen LogP contribution < -0.4 is 0 Å². The SMILES string of the molecule is Cc1nn(-c2ccccc2)c(C)c1[C@@H]1COCCN1C(=O)CCc1ccncc1. The van der Waals surface area contributed by atoms with Crippen LogP contribution in [-0.4, -0.2) is 45.3 Å². The van der Waals surface area contributed by atoms with Crippen molar-refractivity contribution in [1.29, 1.82) is 0 Å². The number of nitrogens with zero attached hydrogens (tertiary/aromatic N) is 4. The average Bonchev–Trinajstić information content (AvgIpc) is 3.07. The second kappa shape index (κ2) is 8.57. The van der Waals surface area contributed by atoms with Crippen LogP contribution in [0.15, 0.2) is 54.9 Å². The van der Waals surface area contributed by atoms with E-state index in [2.05, 4.69) is 11.9 Å². The van der Waals surface area contributed by atoms with Crippen LogP contribution in [0.4, 0.5) is 0 Å². The Balaban J connectivity index is 1.58. The molecule has 3 heterocycles. The van der Waals surface area contributed by atoms with Crippen molar-refractivity contribution in [3.8, 4) is 5.69 Å². The van der Waals surface area contributed by atoms with Crippen LogP contribution in [0.5, 0.6) is 0 Å². The number of amides is 1. The van der Waals surface area contributed by atoms with Gasteiger partial charge in [-0.15, -0.1) is 0 Å². The van der Waals surface area contributed by atoms with Crippen LogP contribution in [0.25, 0.3) is 5.69 Å². The van der Waals surface area contributed by atoms with Gasteiger partial charge in [0.25, 0.3) is 0 Å². The summed E-state index contributed by atoms with van der Waals surface area (Å²) in [6.07, 6.45) is 4.72. The Bertz CT molecular complexity index is 969. The summed E-state index contributed by atoms with van der Waals surface area (Å²) in [5.41, 5.74) is 5.23.